The van der Waals surface area contributed by atoms with E-state index in [1.54, 1.807) is 30.3 Å². The Morgan fingerprint density at radius 2 is 1.10 bits per heavy atom. The number of nitrogens with zero attached hydrogens (tertiary/aromatic N) is 2. The van der Waals surface area contributed by atoms with E-state index in [2.05, 4.69) is 36.9 Å². The molecule has 1 fully saturated rings. The molecule has 27 heteroatoms. The summed E-state index contributed by atoms with van der Waals surface area (Å²) in [7, 11) is 0. The maximum Gasteiger partial charge on any atom is 0.326 e. The van der Waals surface area contributed by atoms with Gasteiger partial charge in [0, 0.05) is 38.8 Å². The summed E-state index contributed by atoms with van der Waals surface area (Å²) in [5.74, 6) is -10.1. The van der Waals surface area contributed by atoms with Crippen LogP contribution in [-0.2, 0) is 60.8 Å². The number of carboxylic acid groups (broad SMARTS) is 1. The number of hydrogen-bond donors (Lipinski definition) is 15. The van der Waals surface area contributed by atoms with Gasteiger partial charge in [-0.1, -0.05) is 42.5 Å². The zero-order valence-corrected chi connectivity index (χ0v) is 39.4. The lowest BCUT2D eigenvalue weighted by Gasteiger charge is -2.30. The number of rotatable bonds is 30. The molecule has 394 valence electrons. The largest absolute Gasteiger partial charge is 0.508 e. The summed E-state index contributed by atoms with van der Waals surface area (Å²) in [6, 6.07) is 2.17. The van der Waals surface area contributed by atoms with E-state index in [0.29, 0.717) is 17.5 Å². The molecule has 0 aliphatic carbocycles. The number of aliphatic carboxylic acids is 1. The molecule has 9 amide bonds. The summed E-state index contributed by atoms with van der Waals surface area (Å²) >= 11 is 0. The molecular formula is C45H65N13O14. The Kier molecular flexibility index (Phi) is 23.8. The minimum Gasteiger partial charge on any atom is -0.508 e. The van der Waals surface area contributed by atoms with E-state index >= 15 is 0 Å². The van der Waals surface area contributed by atoms with Crippen LogP contribution in [0, 0.1) is 0 Å². The predicted molar refractivity (Wildman–Crippen MR) is 255 cm³/mol. The fourth-order valence-electron chi connectivity index (χ4n) is 7.40. The second-order valence-electron chi connectivity index (χ2n) is 16.9. The van der Waals surface area contributed by atoms with E-state index in [-0.39, 0.29) is 76.2 Å². The smallest absolute Gasteiger partial charge is 0.326 e. The number of benzene rings is 2. The van der Waals surface area contributed by atoms with Gasteiger partial charge in [0.2, 0.25) is 53.2 Å². The fourth-order valence-corrected chi connectivity index (χ4v) is 7.40. The van der Waals surface area contributed by atoms with Crippen molar-refractivity contribution in [3.63, 3.8) is 0 Å². The summed E-state index contributed by atoms with van der Waals surface area (Å²) in [4.78, 5) is 136. The number of aliphatic imine (C=N–C) groups is 1. The Hall–Kier alpha value is -7.91. The molecule has 1 aliphatic rings. The second kappa shape index (κ2) is 29.3. The third-order valence-electron chi connectivity index (χ3n) is 11.3. The van der Waals surface area contributed by atoms with Crippen molar-refractivity contribution in [2.45, 2.75) is 113 Å². The van der Waals surface area contributed by atoms with Crippen molar-refractivity contribution in [1.82, 2.24) is 36.8 Å². The highest BCUT2D eigenvalue weighted by Crippen LogP contribution is 2.21. The van der Waals surface area contributed by atoms with Gasteiger partial charge in [-0.15, -0.1) is 0 Å². The van der Waals surface area contributed by atoms with Gasteiger partial charge >= 0.3 is 5.97 Å². The number of carbonyl (C=O) groups excluding carboxylic acids is 9. The van der Waals surface area contributed by atoms with Crippen molar-refractivity contribution in [1.29, 1.82) is 0 Å². The highest BCUT2D eigenvalue weighted by atomic mass is 16.4. The second-order valence-corrected chi connectivity index (χ2v) is 16.9. The molecule has 20 N–H and O–H groups in total. The molecule has 8 atom stereocenters. The van der Waals surface area contributed by atoms with Crippen LogP contribution in [0.5, 0.6) is 5.75 Å². The molecule has 3 rings (SSSR count). The van der Waals surface area contributed by atoms with Gasteiger partial charge in [-0.05, 0) is 61.8 Å². The predicted octanol–water partition coefficient (Wildman–Crippen LogP) is -5.94. The number of aliphatic hydroxyl groups excluding tert-OH is 2. The van der Waals surface area contributed by atoms with Crippen LogP contribution in [0.2, 0.25) is 0 Å². The quantitative estimate of drug-likeness (QED) is 0.0197. The van der Waals surface area contributed by atoms with Crippen LogP contribution in [0.15, 0.2) is 59.6 Å². The topological polar surface area (TPSA) is 469 Å². The minimum atomic E-state index is -1.85. The van der Waals surface area contributed by atoms with Crippen molar-refractivity contribution in [2.75, 3.05) is 26.3 Å². The number of guanidine groups is 1. The number of nitrogens with two attached hydrogens (primary N) is 5. The van der Waals surface area contributed by atoms with E-state index < -0.39 is 127 Å². The van der Waals surface area contributed by atoms with E-state index in [9.17, 15) is 68.4 Å². The molecule has 2 aromatic carbocycles. The van der Waals surface area contributed by atoms with Gasteiger partial charge in [-0.2, -0.15) is 0 Å². The van der Waals surface area contributed by atoms with Gasteiger partial charge < -0.3 is 85.9 Å². The Labute approximate surface area is 413 Å². The van der Waals surface area contributed by atoms with Crippen molar-refractivity contribution in [2.24, 2.45) is 33.7 Å². The normalized spacial score (nSPS) is 15.9. The molecule has 0 aromatic heterocycles. The van der Waals surface area contributed by atoms with Crippen LogP contribution in [0.25, 0.3) is 0 Å². The monoisotopic (exact) mass is 1010 g/mol. The van der Waals surface area contributed by atoms with E-state index in [1.165, 1.54) is 29.2 Å². The first kappa shape index (κ1) is 58.4. The van der Waals surface area contributed by atoms with Gasteiger partial charge in [-0.3, -0.25) is 48.1 Å². The van der Waals surface area contributed by atoms with Gasteiger partial charge in [0.1, 0.15) is 48.0 Å². The van der Waals surface area contributed by atoms with Crippen molar-refractivity contribution < 1.29 is 68.4 Å². The number of carboxylic acids is 1. The van der Waals surface area contributed by atoms with E-state index in [0.717, 1.165) is 0 Å². The number of phenolic OH excluding ortho intramolecular Hbond substituents is 1. The van der Waals surface area contributed by atoms with Gasteiger partial charge in [0.05, 0.1) is 19.3 Å². The molecule has 0 spiro atoms. The molecule has 72 heavy (non-hydrogen) atoms. The third-order valence-corrected chi connectivity index (χ3v) is 11.3. The maximum absolute atomic E-state index is 14.3. The summed E-state index contributed by atoms with van der Waals surface area (Å²) in [5, 5.41) is 54.6. The number of aliphatic hydroxyl groups is 2. The molecule has 1 heterocycles. The number of carbonyl (C=O) groups is 10. The summed E-state index contributed by atoms with van der Waals surface area (Å²) in [6.07, 6.45) is -1.17. The number of amides is 9. The SMILES string of the molecule is NC(=O)CC[C@H](NC(=O)[C@@H](N)CCC(N)=O)C(=O)N[C@@H](CCCN=C(N)N)C(=O)N[C@@H](CO)C(=O)N[C@@H](CO)C(=O)N[C@@H](Cc1ccc(O)cc1)C(=O)N1CCC[C@H]1C(=O)N[C@@H](Cc1ccccc1)C(=O)O. The fraction of sp³-hybridized carbons (Fsp3) is 0.489. The first-order valence-corrected chi connectivity index (χ1v) is 22.9. The van der Waals surface area contributed by atoms with E-state index in [1.807, 2.05) is 0 Å². The molecule has 0 radical (unpaired) electrons. The molecule has 2 aromatic rings. The van der Waals surface area contributed by atoms with Crippen molar-refractivity contribution in [3.8, 4) is 5.75 Å². The number of nitrogens with one attached hydrogen (secondary N) is 6. The van der Waals surface area contributed by atoms with Crippen LogP contribution < -0.4 is 60.6 Å². The molecule has 0 bridgehead atoms. The first-order valence-electron chi connectivity index (χ1n) is 22.9. The molecule has 0 unspecified atom stereocenters. The first-order chi connectivity index (χ1) is 34.1. The molecule has 0 saturated carbocycles. The minimum absolute atomic E-state index is 0.0400. The number of likely N-dealkylation sites (tertiary alicyclic amines) is 1. The van der Waals surface area contributed by atoms with Crippen molar-refractivity contribution in [3.05, 3.63) is 65.7 Å². The average molecular weight is 1010 g/mol. The standard InChI is InChI=1S/C45H65N13O14/c46-27(14-16-35(47)62)37(64)52-29(15-17-36(48)63)39(66)53-28(8-4-18-51-45(49)50)38(65)56-33(23-60)41(68)57-32(22-59)40(67)54-30(20-25-10-12-26(61)13-11-25)43(70)58-19-5-9-34(58)42(69)55-31(44(71)72)21-24-6-2-1-3-7-24/h1-3,6-7,10-13,27-34,59-61H,4-5,8-9,14-23,46H2,(H2,47,62)(H2,48,63)(H,52,64)(H,53,66)(H,54,67)(H,55,69)(H,56,65)(H,57,68)(H,71,72)(H4,49,50,51)/t27-,28-,29-,30-,31-,32-,33-,34-/m0/s1. The number of hydrogen-bond acceptors (Lipinski definition) is 15. The maximum atomic E-state index is 14.3. The van der Waals surface area contributed by atoms with Gasteiger partial charge in [0.15, 0.2) is 5.96 Å². The lowest BCUT2D eigenvalue weighted by atomic mass is 10.0. The lowest BCUT2D eigenvalue weighted by Crippen LogP contribution is -2.61. The molecule has 27 nitrogen and oxygen atoms in total. The summed E-state index contributed by atoms with van der Waals surface area (Å²) < 4.78 is 0. The third kappa shape index (κ3) is 19.5. The highest BCUT2D eigenvalue weighted by Gasteiger charge is 2.40. The number of aromatic hydroxyl groups is 1. The summed E-state index contributed by atoms with van der Waals surface area (Å²) in [5.41, 5.74) is 28.1. The van der Waals surface area contributed by atoms with Crippen LogP contribution in [0.3, 0.4) is 0 Å². The average Bonchev–Trinajstić information content (AvgIpc) is 3.84. The molecule has 1 saturated heterocycles. The zero-order valence-electron chi connectivity index (χ0n) is 39.4. The van der Waals surface area contributed by atoms with Gasteiger partial charge in [0.25, 0.3) is 0 Å². The highest BCUT2D eigenvalue weighted by molar-refractivity contribution is 5.98. The number of phenols is 1. The molecular weight excluding hydrogens is 947 g/mol. The van der Waals surface area contributed by atoms with Crippen LogP contribution >= 0.6 is 0 Å². The van der Waals surface area contributed by atoms with E-state index in [4.69, 9.17) is 28.7 Å². The Balaban J connectivity index is 1.81. The zero-order chi connectivity index (χ0) is 53.5. The Morgan fingerprint density at radius 3 is 1.64 bits per heavy atom. The van der Waals surface area contributed by atoms with Crippen LogP contribution in [0.1, 0.15) is 62.5 Å². The van der Waals surface area contributed by atoms with Crippen molar-refractivity contribution >= 4 is 65.1 Å². The summed E-state index contributed by atoms with van der Waals surface area (Å²) in [6.45, 7) is -2.18. The van der Waals surface area contributed by atoms with Gasteiger partial charge in [-0.25, -0.2) is 4.79 Å². The Morgan fingerprint density at radius 1 is 0.611 bits per heavy atom. The Bertz CT molecular complexity index is 2250. The lowest BCUT2D eigenvalue weighted by molar-refractivity contribution is -0.145. The van der Waals surface area contributed by atoms with Crippen LogP contribution in [-0.4, -0.2) is 165 Å². The number of primary amides is 2. The molecule has 1 aliphatic heterocycles. The van der Waals surface area contributed by atoms with Crippen LogP contribution in [0.4, 0.5) is 0 Å².